The standard InChI is InChI=1S/C13H7BO2/c14-10-6-3-5-9-12(15)8-4-1-2-7-11(8)16-13(9)10/h1-7H. The number of benzene rings is 2. The second kappa shape index (κ2) is 3.24. The van der Waals surface area contributed by atoms with Crippen LogP contribution in [0.5, 0.6) is 0 Å². The first-order valence-electron chi connectivity index (χ1n) is 4.97. The monoisotopic (exact) mass is 206 g/mol. The first kappa shape index (κ1) is 9.22. The number of fused-ring (bicyclic) bond motifs is 2. The number of hydrogen-bond donors (Lipinski definition) is 0. The van der Waals surface area contributed by atoms with Gasteiger partial charge in [-0.2, -0.15) is 0 Å². The highest BCUT2D eigenvalue weighted by molar-refractivity contribution is 6.37. The van der Waals surface area contributed by atoms with E-state index in [-0.39, 0.29) is 5.43 Å². The molecule has 3 rings (SSSR count). The van der Waals surface area contributed by atoms with Crippen LogP contribution in [-0.4, -0.2) is 7.85 Å². The highest BCUT2D eigenvalue weighted by Gasteiger charge is 2.07. The van der Waals surface area contributed by atoms with E-state index in [0.29, 0.717) is 27.4 Å². The molecule has 0 spiro atoms. The van der Waals surface area contributed by atoms with Crippen LogP contribution in [0.15, 0.2) is 51.7 Å². The van der Waals surface area contributed by atoms with E-state index in [2.05, 4.69) is 0 Å². The van der Waals surface area contributed by atoms with Gasteiger partial charge in [-0.3, -0.25) is 4.79 Å². The smallest absolute Gasteiger partial charge is 0.200 e. The van der Waals surface area contributed by atoms with Crippen LogP contribution in [0.25, 0.3) is 21.9 Å². The third-order valence-electron chi connectivity index (χ3n) is 2.63. The first-order valence-corrected chi connectivity index (χ1v) is 4.97. The molecule has 0 aliphatic heterocycles. The number of hydrogen-bond acceptors (Lipinski definition) is 2. The minimum Gasteiger partial charge on any atom is -0.456 e. The fraction of sp³-hybridized carbons (Fsp3) is 0. The second-order valence-corrected chi connectivity index (χ2v) is 3.65. The van der Waals surface area contributed by atoms with Crippen molar-refractivity contribution in [2.45, 2.75) is 0 Å². The van der Waals surface area contributed by atoms with E-state index in [1.165, 1.54) is 0 Å². The Kier molecular flexibility index (Phi) is 1.87. The Morgan fingerprint density at radius 1 is 0.938 bits per heavy atom. The summed E-state index contributed by atoms with van der Waals surface area (Å²) in [7, 11) is 5.78. The maximum atomic E-state index is 12.1. The molecule has 1 aromatic heterocycles. The van der Waals surface area contributed by atoms with E-state index in [1.54, 1.807) is 30.3 Å². The van der Waals surface area contributed by atoms with Crippen molar-refractivity contribution in [3.05, 3.63) is 52.7 Å². The van der Waals surface area contributed by atoms with E-state index < -0.39 is 0 Å². The van der Waals surface area contributed by atoms with Crippen molar-refractivity contribution in [2.24, 2.45) is 0 Å². The Labute approximate surface area is 92.9 Å². The van der Waals surface area contributed by atoms with Gasteiger partial charge in [-0.15, -0.1) is 0 Å². The highest BCUT2D eigenvalue weighted by Crippen LogP contribution is 2.16. The molecule has 0 aliphatic carbocycles. The van der Waals surface area contributed by atoms with Crippen LogP contribution in [0, 0.1) is 0 Å². The maximum Gasteiger partial charge on any atom is 0.200 e. The molecule has 0 fully saturated rings. The Bertz CT molecular complexity index is 744. The van der Waals surface area contributed by atoms with Crippen molar-refractivity contribution in [2.75, 3.05) is 0 Å². The summed E-state index contributed by atoms with van der Waals surface area (Å²) in [5.74, 6) is 0. The minimum atomic E-state index is -0.0378. The Hall–Kier alpha value is -2.03. The molecule has 3 aromatic rings. The summed E-state index contributed by atoms with van der Waals surface area (Å²) in [6, 6.07) is 12.4. The van der Waals surface area contributed by atoms with Crippen LogP contribution in [0.1, 0.15) is 0 Å². The summed E-state index contributed by atoms with van der Waals surface area (Å²) >= 11 is 0. The van der Waals surface area contributed by atoms with Gasteiger partial charge >= 0.3 is 0 Å². The molecule has 3 heteroatoms. The van der Waals surface area contributed by atoms with Gasteiger partial charge in [-0.1, -0.05) is 29.7 Å². The molecule has 2 radical (unpaired) electrons. The molecule has 2 nitrogen and oxygen atoms in total. The van der Waals surface area contributed by atoms with Crippen molar-refractivity contribution in [1.29, 1.82) is 0 Å². The van der Waals surface area contributed by atoms with Crippen LogP contribution in [-0.2, 0) is 0 Å². The van der Waals surface area contributed by atoms with Crippen LogP contribution in [0.3, 0.4) is 0 Å². The predicted octanol–water partition coefficient (Wildman–Crippen LogP) is 1.74. The molecule has 0 saturated heterocycles. The van der Waals surface area contributed by atoms with Gasteiger partial charge < -0.3 is 4.42 Å². The van der Waals surface area contributed by atoms with E-state index in [4.69, 9.17) is 12.3 Å². The predicted molar refractivity (Wildman–Crippen MR) is 65.4 cm³/mol. The van der Waals surface area contributed by atoms with Gasteiger partial charge in [0, 0.05) is 0 Å². The maximum absolute atomic E-state index is 12.1. The zero-order chi connectivity index (χ0) is 11.1. The molecular weight excluding hydrogens is 199 g/mol. The normalized spacial score (nSPS) is 11.0. The van der Waals surface area contributed by atoms with Crippen LogP contribution < -0.4 is 10.9 Å². The van der Waals surface area contributed by atoms with Crippen molar-refractivity contribution in [3.63, 3.8) is 0 Å². The van der Waals surface area contributed by atoms with Crippen molar-refractivity contribution in [1.82, 2.24) is 0 Å². The highest BCUT2D eigenvalue weighted by atomic mass is 16.3. The molecule has 0 N–H and O–H groups in total. The van der Waals surface area contributed by atoms with Crippen molar-refractivity contribution < 1.29 is 4.42 Å². The minimum absolute atomic E-state index is 0.0378. The third kappa shape index (κ3) is 1.18. The Balaban J connectivity index is 2.67. The SMILES string of the molecule is [B]c1cccc2c(=O)c3ccccc3oc12. The number of rotatable bonds is 0. The van der Waals surface area contributed by atoms with E-state index in [9.17, 15) is 4.79 Å². The summed E-state index contributed by atoms with van der Waals surface area (Å²) < 4.78 is 5.63. The van der Waals surface area contributed by atoms with Gasteiger partial charge in [0.05, 0.1) is 10.8 Å². The molecule has 0 atom stereocenters. The molecule has 16 heavy (non-hydrogen) atoms. The summed E-state index contributed by atoms with van der Waals surface area (Å²) in [6.07, 6.45) is 0. The largest absolute Gasteiger partial charge is 0.456 e. The molecule has 0 saturated carbocycles. The molecule has 74 valence electrons. The van der Waals surface area contributed by atoms with Gasteiger partial charge in [0.15, 0.2) is 5.43 Å². The fourth-order valence-electron chi connectivity index (χ4n) is 1.85. The average molecular weight is 206 g/mol. The average Bonchev–Trinajstić information content (AvgIpc) is 2.31. The summed E-state index contributed by atoms with van der Waals surface area (Å²) in [5, 5.41) is 1.11. The quantitative estimate of drug-likeness (QED) is 0.414. The lowest BCUT2D eigenvalue weighted by Gasteiger charge is -2.03. The van der Waals surface area contributed by atoms with Crippen LogP contribution in [0.4, 0.5) is 0 Å². The lowest BCUT2D eigenvalue weighted by atomic mass is 9.93. The van der Waals surface area contributed by atoms with Crippen LogP contribution >= 0.6 is 0 Å². The molecule has 1 heterocycles. The Morgan fingerprint density at radius 2 is 1.69 bits per heavy atom. The molecular formula is C13H7BO2. The lowest BCUT2D eigenvalue weighted by molar-refractivity contribution is 0.662. The fourth-order valence-corrected chi connectivity index (χ4v) is 1.85. The van der Waals surface area contributed by atoms with Crippen molar-refractivity contribution >= 4 is 35.2 Å². The molecule has 2 aromatic carbocycles. The third-order valence-corrected chi connectivity index (χ3v) is 2.63. The zero-order valence-corrected chi connectivity index (χ0v) is 8.44. The summed E-state index contributed by atoms with van der Waals surface area (Å²) in [5.41, 5.74) is 1.48. The van der Waals surface area contributed by atoms with Gasteiger partial charge in [0.25, 0.3) is 0 Å². The summed E-state index contributed by atoms with van der Waals surface area (Å²) in [4.78, 5) is 12.1. The molecule has 0 unspecified atom stereocenters. The molecule has 0 amide bonds. The van der Waals surface area contributed by atoms with Gasteiger partial charge in [0.1, 0.15) is 19.0 Å². The topological polar surface area (TPSA) is 30.2 Å². The summed E-state index contributed by atoms with van der Waals surface area (Å²) in [6.45, 7) is 0. The molecule has 0 aliphatic rings. The van der Waals surface area contributed by atoms with Gasteiger partial charge in [-0.05, 0) is 18.2 Å². The van der Waals surface area contributed by atoms with Crippen molar-refractivity contribution in [3.8, 4) is 0 Å². The zero-order valence-electron chi connectivity index (χ0n) is 8.44. The van der Waals surface area contributed by atoms with E-state index >= 15 is 0 Å². The van der Waals surface area contributed by atoms with Crippen LogP contribution in [0.2, 0.25) is 0 Å². The first-order chi connectivity index (χ1) is 7.77. The number of para-hydroxylation sites is 2. The second-order valence-electron chi connectivity index (χ2n) is 3.65. The van der Waals surface area contributed by atoms with E-state index in [1.807, 2.05) is 12.1 Å². The van der Waals surface area contributed by atoms with Gasteiger partial charge in [-0.25, -0.2) is 0 Å². The van der Waals surface area contributed by atoms with Gasteiger partial charge in [0.2, 0.25) is 0 Å². The van der Waals surface area contributed by atoms with E-state index in [0.717, 1.165) is 0 Å². The Morgan fingerprint density at radius 3 is 2.56 bits per heavy atom. The molecule has 0 bridgehead atoms. The lowest BCUT2D eigenvalue weighted by Crippen LogP contribution is -2.09.